The smallest absolute Gasteiger partial charge is 0.237 e. The number of thioether (sulfide) groups is 1. The van der Waals surface area contributed by atoms with Gasteiger partial charge in [-0.3, -0.25) is 4.57 Å². The van der Waals surface area contributed by atoms with Crippen LogP contribution >= 0.6 is 23.4 Å². The molecule has 0 aliphatic carbocycles. The van der Waals surface area contributed by atoms with Gasteiger partial charge in [0.1, 0.15) is 17.8 Å². The molecule has 0 aliphatic heterocycles. The Morgan fingerprint density at radius 3 is 2.77 bits per heavy atom. The van der Waals surface area contributed by atoms with Crippen LogP contribution in [-0.4, -0.2) is 39.1 Å². The van der Waals surface area contributed by atoms with Crippen molar-refractivity contribution in [3.8, 4) is 28.6 Å². The Hall–Kier alpha value is -3.04. The van der Waals surface area contributed by atoms with Gasteiger partial charge in [-0.1, -0.05) is 34.6 Å². The molecule has 4 aromatic rings. The minimum atomic E-state index is 0.434. The Balaban J connectivity index is 1.51. The maximum Gasteiger partial charge on any atom is 0.237 e. The molecule has 0 bridgehead atoms. The van der Waals surface area contributed by atoms with Gasteiger partial charge in [-0.05, 0) is 36.8 Å². The highest BCUT2D eigenvalue weighted by atomic mass is 35.5. The first-order valence-electron chi connectivity index (χ1n) is 8.93. The van der Waals surface area contributed by atoms with E-state index >= 15 is 0 Å². The fourth-order valence-corrected chi connectivity index (χ4v) is 3.71. The normalized spacial score (nSPS) is 10.9. The fraction of sp³-hybridized carbons (Fsp3) is 0.200. The molecule has 30 heavy (non-hydrogen) atoms. The maximum atomic E-state index is 6.25. The molecule has 0 aliphatic rings. The van der Waals surface area contributed by atoms with E-state index in [-0.39, 0.29) is 0 Å². The van der Waals surface area contributed by atoms with Crippen LogP contribution in [0.15, 0.2) is 52.4 Å². The van der Waals surface area contributed by atoms with Crippen molar-refractivity contribution in [2.45, 2.75) is 17.8 Å². The van der Waals surface area contributed by atoms with Crippen molar-refractivity contribution in [2.75, 3.05) is 14.2 Å². The van der Waals surface area contributed by atoms with Crippen LogP contribution in [0.5, 0.6) is 11.5 Å². The molecule has 0 spiro atoms. The molecule has 2 aromatic heterocycles. The molecular weight excluding hydrogens is 426 g/mol. The van der Waals surface area contributed by atoms with Crippen molar-refractivity contribution < 1.29 is 14.0 Å². The van der Waals surface area contributed by atoms with Gasteiger partial charge in [0.25, 0.3) is 0 Å². The number of hydrogen-bond acceptors (Lipinski definition) is 8. The molecule has 0 atom stereocenters. The van der Waals surface area contributed by atoms with E-state index in [2.05, 4.69) is 20.3 Å². The molecule has 2 aromatic carbocycles. The van der Waals surface area contributed by atoms with Crippen molar-refractivity contribution in [1.29, 1.82) is 0 Å². The molecule has 8 nitrogen and oxygen atoms in total. The Kier molecular flexibility index (Phi) is 5.91. The van der Waals surface area contributed by atoms with E-state index in [4.69, 9.17) is 25.6 Å². The zero-order valence-electron chi connectivity index (χ0n) is 16.5. The summed E-state index contributed by atoms with van der Waals surface area (Å²) in [6, 6.07) is 11.2. The van der Waals surface area contributed by atoms with Crippen LogP contribution in [0.3, 0.4) is 0 Å². The van der Waals surface area contributed by atoms with E-state index in [1.165, 1.54) is 11.8 Å². The number of benzene rings is 2. The van der Waals surface area contributed by atoms with E-state index in [1.54, 1.807) is 26.6 Å². The van der Waals surface area contributed by atoms with Gasteiger partial charge in [0, 0.05) is 11.1 Å². The zero-order chi connectivity index (χ0) is 21.1. The lowest BCUT2D eigenvalue weighted by molar-refractivity contribution is 0.388. The third-order valence-electron chi connectivity index (χ3n) is 4.39. The second kappa shape index (κ2) is 8.76. The molecular formula is C20H18ClN5O3S. The van der Waals surface area contributed by atoms with Crippen LogP contribution in [0.1, 0.15) is 11.5 Å². The van der Waals surface area contributed by atoms with Crippen molar-refractivity contribution in [3.05, 3.63) is 59.2 Å². The number of nitrogens with zero attached hydrogens (tertiary/aromatic N) is 5. The van der Waals surface area contributed by atoms with Gasteiger partial charge >= 0.3 is 0 Å². The summed E-state index contributed by atoms with van der Waals surface area (Å²) < 4.78 is 17.9. The average molecular weight is 444 g/mol. The van der Waals surface area contributed by atoms with Crippen molar-refractivity contribution in [3.63, 3.8) is 0 Å². The molecule has 4 rings (SSSR count). The molecule has 0 saturated heterocycles. The summed E-state index contributed by atoms with van der Waals surface area (Å²) in [4.78, 5) is 4.47. The monoisotopic (exact) mass is 443 g/mol. The molecule has 0 amide bonds. The zero-order valence-corrected chi connectivity index (χ0v) is 18.1. The van der Waals surface area contributed by atoms with E-state index in [1.807, 2.05) is 41.8 Å². The lowest BCUT2D eigenvalue weighted by atomic mass is 10.2. The predicted octanol–water partition coefficient (Wildman–Crippen LogP) is 4.59. The largest absolute Gasteiger partial charge is 0.497 e. The molecule has 2 heterocycles. The van der Waals surface area contributed by atoms with Gasteiger partial charge in [-0.25, -0.2) is 0 Å². The predicted molar refractivity (Wildman–Crippen MR) is 114 cm³/mol. The highest BCUT2D eigenvalue weighted by molar-refractivity contribution is 7.98. The Morgan fingerprint density at radius 2 is 2.00 bits per heavy atom. The summed E-state index contributed by atoms with van der Waals surface area (Å²) in [6.07, 6.45) is 1.64. The first-order chi connectivity index (χ1) is 14.6. The number of rotatable bonds is 7. The summed E-state index contributed by atoms with van der Waals surface area (Å²) >= 11 is 7.68. The molecule has 0 unspecified atom stereocenters. The topological polar surface area (TPSA) is 88.1 Å². The SMILES string of the molecule is COc1ccc(-c2noc(CSc3nncn3-c3ccc(C)c(Cl)c3)n2)c(OC)c1. The third-order valence-corrected chi connectivity index (χ3v) is 5.73. The first-order valence-corrected chi connectivity index (χ1v) is 10.3. The minimum Gasteiger partial charge on any atom is -0.497 e. The van der Waals surface area contributed by atoms with Gasteiger partial charge in [0.2, 0.25) is 11.7 Å². The van der Waals surface area contributed by atoms with Gasteiger partial charge in [0.15, 0.2) is 5.16 Å². The maximum absolute atomic E-state index is 6.25. The summed E-state index contributed by atoms with van der Waals surface area (Å²) in [6.45, 7) is 1.96. The number of aryl methyl sites for hydroxylation is 1. The molecule has 10 heteroatoms. The standard InChI is InChI=1S/C20H18ClN5O3S/c1-12-4-5-13(8-16(12)21)26-11-22-24-20(26)30-10-18-23-19(25-29-18)15-7-6-14(27-2)9-17(15)28-3/h4-9,11H,10H2,1-3H3. The molecule has 0 saturated carbocycles. The Morgan fingerprint density at radius 1 is 1.13 bits per heavy atom. The highest BCUT2D eigenvalue weighted by Gasteiger charge is 2.16. The van der Waals surface area contributed by atoms with Gasteiger partial charge in [-0.2, -0.15) is 4.98 Å². The Bertz CT molecular complexity index is 1180. The van der Waals surface area contributed by atoms with Crippen molar-refractivity contribution in [2.24, 2.45) is 0 Å². The van der Waals surface area contributed by atoms with Crippen LogP contribution < -0.4 is 9.47 Å². The fourth-order valence-electron chi connectivity index (χ4n) is 2.76. The number of hydrogen-bond donors (Lipinski definition) is 0. The number of ether oxygens (including phenoxy) is 2. The van der Waals surface area contributed by atoms with E-state index < -0.39 is 0 Å². The summed E-state index contributed by atoms with van der Waals surface area (Å²) in [5.41, 5.74) is 2.61. The second-order valence-corrected chi connectivity index (χ2v) is 7.63. The van der Waals surface area contributed by atoms with Crippen LogP contribution in [-0.2, 0) is 5.75 Å². The molecule has 0 radical (unpaired) electrons. The van der Waals surface area contributed by atoms with Gasteiger partial charge < -0.3 is 14.0 Å². The number of methoxy groups -OCH3 is 2. The van der Waals surface area contributed by atoms with E-state index in [9.17, 15) is 0 Å². The minimum absolute atomic E-state index is 0.434. The van der Waals surface area contributed by atoms with Gasteiger partial charge in [0.05, 0.1) is 31.2 Å². The molecule has 0 fully saturated rings. The van der Waals surface area contributed by atoms with Crippen LogP contribution in [0.4, 0.5) is 0 Å². The molecule has 0 N–H and O–H groups in total. The number of aromatic nitrogens is 5. The lowest BCUT2D eigenvalue weighted by Gasteiger charge is -2.07. The quantitative estimate of drug-likeness (QED) is 0.383. The summed E-state index contributed by atoms with van der Waals surface area (Å²) in [5.74, 6) is 2.63. The van der Waals surface area contributed by atoms with Crippen LogP contribution in [0, 0.1) is 6.92 Å². The van der Waals surface area contributed by atoms with Crippen LogP contribution in [0.2, 0.25) is 5.02 Å². The second-order valence-electron chi connectivity index (χ2n) is 6.28. The van der Waals surface area contributed by atoms with Crippen molar-refractivity contribution in [1.82, 2.24) is 24.9 Å². The summed E-state index contributed by atoms with van der Waals surface area (Å²) in [5, 5.41) is 13.6. The lowest BCUT2D eigenvalue weighted by Crippen LogP contribution is -1.96. The first kappa shape index (κ1) is 20.2. The Labute approximate surface area is 182 Å². The van der Waals surface area contributed by atoms with Gasteiger partial charge in [-0.15, -0.1) is 10.2 Å². The molecule has 154 valence electrons. The number of halogens is 1. The van der Waals surface area contributed by atoms with Crippen molar-refractivity contribution >= 4 is 23.4 Å². The van der Waals surface area contributed by atoms with Crippen LogP contribution in [0.25, 0.3) is 17.1 Å². The average Bonchev–Trinajstić information content (AvgIpc) is 3.43. The third kappa shape index (κ3) is 4.12. The highest BCUT2D eigenvalue weighted by Crippen LogP contribution is 2.32. The van der Waals surface area contributed by atoms with E-state index in [0.29, 0.717) is 39.1 Å². The van der Waals surface area contributed by atoms with E-state index in [0.717, 1.165) is 16.8 Å². The summed E-state index contributed by atoms with van der Waals surface area (Å²) in [7, 11) is 3.18.